The Hall–Kier alpha value is -3.92. The van der Waals surface area contributed by atoms with E-state index in [1.54, 1.807) is 12.4 Å². The van der Waals surface area contributed by atoms with Crippen molar-refractivity contribution in [3.63, 3.8) is 0 Å². The molecule has 10 nitrogen and oxygen atoms in total. The fourth-order valence-corrected chi connectivity index (χ4v) is 5.03. The normalized spacial score (nSPS) is 15.2. The molecule has 4 heterocycles. The zero-order chi connectivity index (χ0) is 27.4. The summed E-state index contributed by atoms with van der Waals surface area (Å²) in [5.41, 5.74) is 4.43. The van der Waals surface area contributed by atoms with Gasteiger partial charge in [0.1, 0.15) is 5.02 Å². The standard InChI is InChI=1S/C28H33ClN8O2/c1-17(2)32-28(39)37-9-7-18(8-10-37)12-25(38)35-24-6-5-21-13-20(24)4-3-19-11-22(15-30-14-19)34-27-31-16-23(29)26(33-21)36-27/h5-6,11,13-18H,3-4,7-10,12H2,1-2H3,(H,32,39)(H,35,38)(H2,31,33,34,36). The minimum atomic E-state index is -0.0300. The van der Waals surface area contributed by atoms with E-state index in [9.17, 15) is 9.59 Å². The molecule has 5 rings (SSSR count). The highest BCUT2D eigenvalue weighted by Crippen LogP contribution is 2.30. The van der Waals surface area contributed by atoms with Crippen LogP contribution in [0.15, 0.2) is 42.9 Å². The Morgan fingerprint density at radius 3 is 2.69 bits per heavy atom. The molecule has 11 heteroatoms. The molecule has 1 aromatic carbocycles. The molecule has 4 N–H and O–H groups in total. The van der Waals surface area contributed by atoms with Crippen LogP contribution in [-0.2, 0) is 17.6 Å². The Bertz CT molecular complexity index is 1360. The van der Waals surface area contributed by atoms with Crippen molar-refractivity contribution >= 4 is 52.4 Å². The summed E-state index contributed by atoms with van der Waals surface area (Å²) >= 11 is 6.36. The van der Waals surface area contributed by atoms with Gasteiger partial charge in [-0.2, -0.15) is 4.98 Å². The first-order valence-corrected chi connectivity index (χ1v) is 13.7. The number of nitrogens with one attached hydrogen (secondary N) is 4. The van der Waals surface area contributed by atoms with E-state index >= 15 is 0 Å². The Kier molecular flexibility index (Phi) is 8.11. The van der Waals surface area contributed by atoms with Crippen molar-refractivity contribution in [1.29, 1.82) is 0 Å². The lowest BCUT2D eigenvalue weighted by Crippen LogP contribution is -2.46. The summed E-state index contributed by atoms with van der Waals surface area (Å²) in [5, 5.41) is 12.9. The number of anilines is 5. The third-order valence-corrected chi connectivity index (χ3v) is 7.18. The van der Waals surface area contributed by atoms with Crippen molar-refractivity contribution in [1.82, 2.24) is 25.2 Å². The highest BCUT2D eigenvalue weighted by atomic mass is 35.5. The lowest BCUT2D eigenvalue weighted by Gasteiger charge is -2.32. The number of carbonyl (C=O) groups is 2. The van der Waals surface area contributed by atoms with E-state index in [1.165, 1.54) is 0 Å². The lowest BCUT2D eigenvalue weighted by molar-refractivity contribution is -0.117. The van der Waals surface area contributed by atoms with Gasteiger partial charge < -0.3 is 26.2 Å². The van der Waals surface area contributed by atoms with Crippen molar-refractivity contribution in [3.8, 4) is 0 Å². The molecular weight excluding hydrogens is 516 g/mol. The molecule has 0 radical (unpaired) electrons. The van der Waals surface area contributed by atoms with Crippen molar-refractivity contribution < 1.29 is 9.59 Å². The van der Waals surface area contributed by atoms with Gasteiger partial charge in [0.05, 0.1) is 18.1 Å². The summed E-state index contributed by atoms with van der Waals surface area (Å²) in [6.07, 6.45) is 8.61. The number of carbonyl (C=O) groups excluding carboxylic acids is 2. The molecule has 2 aliphatic rings. The minimum absolute atomic E-state index is 0.0173. The zero-order valence-corrected chi connectivity index (χ0v) is 22.9. The Balaban J connectivity index is 1.29. The van der Waals surface area contributed by atoms with Gasteiger partial charge in [-0.15, -0.1) is 0 Å². The SMILES string of the molecule is CC(C)NC(=O)N1CCC(CC(=O)Nc2ccc3cc2CCc2cncc(c2)Nc2ncc(Cl)c(n2)N3)CC1. The van der Waals surface area contributed by atoms with E-state index in [4.69, 9.17) is 11.6 Å². The average molecular weight is 549 g/mol. The molecule has 204 valence electrons. The number of likely N-dealkylation sites (tertiary alicyclic amines) is 1. The number of fused-ring (bicyclic) bond motifs is 6. The number of benzene rings is 1. The minimum Gasteiger partial charge on any atom is -0.339 e. The first kappa shape index (κ1) is 26.7. The highest BCUT2D eigenvalue weighted by molar-refractivity contribution is 6.32. The summed E-state index contributed by atoms with van der Waals surface area (Å²) in [5.74, 6) is 1.12. The smallest absolute Gasteiger partial charge is 0.317 e. The molecule has 0 saturated carbocycles. The van der Waals surface area contributed by atoms with E-state index in [1.807, 2.05) is 49.2 Å². The number of aromatic nitrogens is 3. The summed E-state index contributed by atoms with van der Waals surface area (Å²) in [4.78, 5) is 40.3. The lowest BCUT2D eigenvalue weighted by atomic mass is 9.93. The molecule has 0 unspecified atom stereocenters. The fraction of sp³-hybridized carbons (Fsp3) is 0.393. The van der Waals surface area contributed by atoms with Crippen LogP contribution in [0.25, 0.3) is 0 Å². The van der Waals surface area contributed by atoms with Crippen molar-refractivity contribution in [2.24, 2.45) is 5.92 Å². The molecule has 0 aliphatic carbocycles. The van der Waals surface area contributed by atoms with E-state index in [0.717, 1.165) is 47.5 Å². The van der Waals surface area contributed by atoms with Crippen LogP contribution in [0.4, 0.5) is 33.6 Å². The van der Waals surface area contributed by atoms with Crippen LogP contribution in [0.2, 0.25) is 5.02 Å². The van der Waals surface area contributed by atoms with Gasteiger partial charge >= 0.3 is 6.03 Å². The van der Waals surface area contributed by atoms with E-state index in [-0.39, 0.29) is 23.9 Å². The first-order chi connectivity index (χ1) is 18.8. The van der Waals surface area contributed by atoms with E-state index < -0.39 is 0 Å². The third kappa shape index (κ3) is 6.94. The predicted molar refractivity (Wildman–Crippen MR) is 153 cm³/mol. The number of hydrogen-bond donors (Lipinski definition) is 4. The van der Waals surface area contributed by atoms with E-state index in [2.05, 4.69) is 36.2 Å². The van der Waals surface area contributed by atoms with Crippen LogP contribution in [0.3, 0.4) is 0 Å². The maximum absolute atomic E-state index is 13.1. The van der Waals surface area contributed by atoms with Gasteiger partial charge in [0.15, 0.2) is 5.82 Å². The maximum atomic E-state index is 13.1. The topological polar surface area (TPSA) is 124 Å². The van der Waals surface area contributed by atoms with Crippen LogP contribution >= 0.6 is 11.6 Å². The van der Waals surface area contributed by atoms with Gasteiger partial charge in [0.25, 0.3) is 0 Å². The number of pyridine rings is 1. The number of rotatable bonds is 4. The monoisotopic (exact) mass is 548 g/mol. The Labute approximate surface area is 233 Å². The van der Waals surface area contributed by atoms with Gasteiger partial charge in [0, 0.05) is 43.1 Å². The summed E-state index contributed by atoms with van der Waals surface area (Å²) < 4.78 is 0. The van der Waals surface area contributed by atoms with Crippen LogP contribution in [-0.4, -0.2) is 50.9 Å². The molecule has 6 bridgehead atoms. The van der Waals surface area contributed by atoms with Crippen molar-refractivity contribution in [2.75, 3.05) is 29.0 Å². The van der Waals surface area contributed by atoms with Crippen molar-refractivity contribution in [3.05, 3.63) is 59.0 Å². The molecular formula is C28H33ClN8O2. The third-order valence-electron chi connectivity index (χ3n) is 6.91. The summed E-state index contributed by atoms with van der Waals surface area (Å²) in [7, 11) is 0. The van der Waals surface area contributed by atoms with Crippen LogP contribution in [0.5, 0.6) is 0 Å². The summed E-state index contributed by atoms with van der Waals surface area (Å²) in [6, 6.07) is 7.93. The second kappa shape index (κ2) is 11.9. The van der Waals surface area contributed by atoms with Crippen molar-refractivity contribution in [2.45, 2.75) is 52.0 Å². The van der Waals surface area contributed by atoms with Gasteiger partial charge in [-0.1, -0.05) is 11.6 Å². The summed E-state index contributed by atoms with van der Waals surface area (Å²) in [6.45, 7) is 5.23. The number of aryl methyl sites for hydroxylation is 2. The molecule has 2 aromatic heterocycles. The van der Waals surface area contributed by atoms with Gasteiger partial charge in [-0.3, -0.25) is 9.78 Å². The van der Waals surface area contributed by atoms with Crippen LogP contribution < -0.4 is 21.3 Å². The molecule has 2 aliphatic heterocycles. The number of urea groups is 1. The fourth-order valence-electron chi connectivity index (χ4n) is 4.89. The first-order valence-electron chi connectivity index (χ1n) is 13.3. The average Bonchev–Trinajstić information content (AvgIpc) is 2.91. The van der Waals surface area contributed by atoms with Crippen LogP contribution in [0.1, 0.15) is 44.2 Å². The molecule has 0 atom stereocenters. The highest BCUT2D eigenvalue weighted by Gasteiger charge is 2.25. The molecule has 39 heavy (non-hydrogen) atoms. The van der Waals surface area contributed by atoms with E-state index in [0.29, 0.717) is 42.7 Å². The van der Waals surface area contributed by atoms with Gasteiger partial charge in [-0.05, 0) is 80.8 Å². The second-order valence-corrected chi connectivity index (χ2v) is 10.8. The molecule has 0 spiro atoms. The number of hydrogen-bond acceptors (Lipinski definition) is 7. The molecule has 3 amide bonds. The van der Waals surface area contributed by atoms with Gasteiger partial charge in [0.2, 0.25) is 11.9 Å². The molecule has 3 aromatic rings. The number of piperidine rings is 1. The number of halogens is 1. The molecule has 1 saturated heterocycles. The largest absolute Gasteiger partial charge is 0.339 e. The molecule has 1 fully saturated rings. The van der Waals surface area contributed by atoms with Gasteiger partial charge in [-0.25, -0.2) is 9.78 Å². The zero-order valence-electron chi connectivity index (χ0n) is 22.1. The maximum Gasteiger partial charge on any atom is 0.317 e. The predicted octanol–water partition coefficient (Wildman–Crippen LogP) is 5.27. The van der Waals surface area contributed by atoms with Crippen LogP contribution in [0, 0.1) is 5.92 Å². The Morgan fingerprint density at radius 2 is 1.90 bits per heavy atom. The number of amides is 3. The number of nitrogens with zero attached hydrogens (tertiary/aromatic N) is 4. The quantitative estimate of drug-likeness (QED) is 0.350. The Morgan fingerprint density at radius 1 is 1.08 bits per heavy atom. The second-order valence-electron chi connectivity index (χ2n) is 10.4.